The topological polar surface area (TPSA) is 64.6 Å². The molecule has 2 aliphatic heterocycles. The van der Waals surface area contributed by atoms with Crippen LogP contribution < -0.4 is 14.8 Å². The first-order valence-electron chi connectivity index (χ1n) is 7.40. The van der Waals surface area contributed by atoms with Crippen molar-refractivity contribution in [3.05, 3.63) is 17.7 Å². The van der Waals surface area contributed by atoms with E-state index in [0.29, 0.717) is 42.1 Å². The summed E-state index contributed by atoms with van der Waals surface area (Å²) >= 11 is 0. The highest BCUT2D eigenvalue weighted by molar-refractivity contribution is 7.90. The molecule has 0 amide bonds. The molecule has 3 rings (SSSR count). The standard InChI is InChI=1S/C15H21NO4S/c1-21(17,18)15-11(10-12-4-2-3-7-16-12)5-6-13-14(15)20-9-8-19-13/h5-6,12,16H,2-4,7-10H2,1H3. The van der Waals surface area contributed by atoms with Crippen LogP contribution in [0.4, 0.5) is 0 Å². The number of fused-ring (bicyclic) bond motifs is 1. The zero-order valence-corrected chi connectivity index (χ0v) is 13.0. The molecule has 1 fully saturated rings. The summed E-state index contributed by atoms with van der Waals surface area (Å²) < 4.78 is 35.5. The van der Waals surface area contributed by atoms with Crippen molar-refractivity contribution in [2.45, 2.75) is 36.6 Å². The second-order valence-corrected chi connectivity index (χ2v) is 7.65. The minimum atomic E-state index is -3.36. The summed E-state index contributed by atoms with van der Waals surface area (Å²) in [4.78, 5) is 0.298. The molecule has 1 aromatic rings. The number of piperidine rings is 1. The van der Waals surface area contributed by atoms with Gasteiger partial charge in [0.15, 0.2) is 21.3 Å². The van der Waals surface area contributed by atoms with Crippen molar-refractivity contribution in [3.63, 3.8) is 0 Å². The van der Waals surface area contributed by atoms with Gasteiger partial charge in [-0.05, 0) is 37.4 Å². The second-order valence-electron chi connectivity index (χ2n) is 5.70. The van der Waals surface area contributed by atoms with E-state index in [4.69, 9.17) is 9.47 Å². The van der Waals surface area contributed by atoms with Crippen molar-refractivity contribution in [1.29, 1.82) is 0 Å². The van der Waals surface area contributed by atoms with Crippen molar-refractivity contribution < 1.29 is 17.9 Å². The molecule has 0 bridgehead atoms. The number of hydrogen-bond donors (Lipinski definition) is 1. The Morgan fingerprint density at radius 2 is 2.05 bits per heavy atom. The first-order valence-corrected chi connectivity index (χ1v) is 9.30. The molecule has 1 N–H and O–H groups in total. The van der Waals surface area contributed by atoms with E-state index in [9.17, 15) is 8.42 Å². The molecule has 21 heavy (non-hydrogen) atoms. The highest BCUT2D eigenvalue weighted by atomic mass is 32.2. The third-order valence-electron chi connectivity index (χ3n) is 3.99. The Bertz CT molecular complexity index is 621. The molecule has 1 saturated heterocycles. The Labute approximate surface area is 125 Å². The maximum absolute atomic E-state index is 12.2. The summed E-state index contributed by atoms with van der Waals surface area (Å²) in [6.07, 6.45) is 5.40. The number of rotatable bonds is 3. The number of sulfone groups is 1. The third-order valence-corrected chi connectivity index (χ3v) is 5.18. The number of ether oxygens (including phenoxy) is 2. The molecule has 0 spiro atoms. The van der Waals surface area contributed by atoms with Gasteiger partial charge >= 0.3 is 0 Å². The zero-order chi connectivity index (χ0) is 14.9. The molecule has 5 nitrogen and oxygen atoms in total. The van der Waals surface area contributed by atoms with Crippen LogP contribution in [0.2, 0.25) is 0 Å². The molecule has 1 aromatic carbocycles. The van der Waals surface area contributed by atoms with Gasteiger partial charge in [0.2, 0.25) is 0 Å². The van der Waals surface area contributed by atoms with Crippen LogP contribution in [0.1, 0.15) is 24.8 Å². The third kappa shape index (κ3) is 3.16. The van der Waals surface area contributed by atoms with Crippen LogP contribution in [0.15, 0.2) is 17.0 Å². The minimum absolute atomic E-state index is 0.298. The molecule has 116 valence electrons. The van der Waals surface area contributed by atoms with Gasteiger partial charge in [-0.3, -0.25) is 0 Å². The number of hydrogen-bond acceptors (Lipinski definition) is 5. The molecule has 2 aliphatic rings. The van der Waals surface area contributed by atoms with Gasteiger partial charge in [0.1, 0.15) is 18.1 Å². The predicted molar refractivity (Wildman–Crippen MR) is 79.9 cm³/mol. The van der Waals surface area contributed by atoms with Crippen LogP contribution >= 0.6 is 0 Å². The molecule has 0 radical (unpaired) electrons. The lowest BCUT2D eigenvalue weighted by Crippen LogP contribution is -2.36. The van der Waals surface area contributed by atoms with E-state index in [-0.39, 0.29) is 0 Å². The highest BCUT2D eigenvalue weighted by Gasteiger charge is 2.27. The Balaban J connectivity index is 1.99. The van der Waals surface area contributed by atoms with Crippen LogP contribution in [-0.2, 0) is 16.3 Å². The number of benzene rings is 1. The van der Waals surface area contributed by atoms with Gasteiger partial charge in [0, 0.05) is 12.3 Å². The van der Waals surface area contributed by atoms with Gasteiger partial charge < -0.3 is 14.8 Å². The van der Waals surface area contributed by atoms with E-state index >= 15 is 0 Å². The smallest absolute Gasteiger partial charge is 0.180 e. The summed E-state index contributed by atoms with van der Waals surface area (Å²) in [6.45, 7) is 1.85. The molecule has 0 saturated carbocycles. The van der Waals surface area contributed by atoms with Crippen LogP contribution in [0.25, 0.3) is 0 Å². The molecule has 0 aliphatic carbocycles. The van der Waals surface area contributed by atoms with Crippen LogP contribution in [-0.4, -0.2) is 40.5 Å². The van der Waals surface area contributed by atoms with Gasteiger partial charge in [-0.15, -0.1) is 0 Å². The second kappa shape index (κ2) is 5.85. The van der Waals surface area contributed by atoms with E-state index in [2.05, 4.69) is 5.32 Å². The Morgan fingerprint density at radius 1 is 1.24 bits per heavy atom. The summed E-state index contributed by atoms with van der Waals surface area (Å²) in [5.41, 5.74) is 0.821. The summed E-state index contributed by atoms with van der Waals surface area (Å²) in [5.74, 6) is 0.916. The number of nitrogens with one attached hydrogen (secondary N) is 1. The normalized spacial score (nSPS) is 22.0. The summed E-state index contributed by atoms with van der Waals surface area (Å²) in [7, 11) is -3.36. The van der Waals surface area contributed by atoms with E-state index in [1.807, 2.05) is 12.1 Å². The molecule has 1 unspecified atom stereocenters. The van der Waals surface area contributed by atoms with E-state index < -0.39 is 9.84 Å². The van der Waals surface area contributed by atoms with Gasteiger partial charge in [-0.2, -0.15) is 0 Å². The van der Waals surface area contributed by atoms with Crippen molar-refractivity contribution >= 4 is 9.84 Å². The largest absolute Gasteiger partial charge is 0.486 e. The first-order chi connectivity index (χ1) is 10.1. The maximum atomic E-state index is 12.2. The van der Waals surface area contributed by atoms with Gasteiger partial charge in [-0.1, -0.05) is 12.5 Å². The Kier molecular flexibility index (Phi) is 4.08. The van der Waals surface area contributed by atoms with Crippen molar-refractivity contribution in [2.24, 2.45) is 0 Å². The van der Waals surface area contributed by atoms with E-state index in [0.717, 1.165) is 18.5 Å². The van der Waals surface area contributed by atoms with E-state index in [1.165, 1.54) is 19.1 Å². The van der Waals surface area contributed by atoms with Crippen molar-refractivity contribution in [3.8, 4) is 11.5 Å². The van der Waals surface area contributed by atoms with Gasteiger partial charge in [0.25, 0.3) is 0 Å². The SMILES string of the molecule is CS(=O)(=O)c1c(CC2CCCCN2)ccc2c1OCCO2. The van der Waals surface area contributed by atoms with Crippen LogP contribution in [0, 0.1) is 0 Å². The van der Waals surface area contributed by atoms with Crippen LogP contribution in [0.3, 0.4) is 0 Å². The lowest BCUT2D eigenvalue weighted by atomic mass is 9.97. The van der Waals surface area contributed by atoms with Crippen molar-refractivity contribution in [2.75, 3.05) is 26.0 Å². The lowest BCUT2D eigenvalue weighted by molar-refractivity contribution is 0.166. The molecular weight excluding hydrogens is 290 g/mol. The minimum Gasteiger partial charge on any atom is -0.486 e. The van der Waals surface area contributed by atoms with E-state index in [1.54, 1.807) is 0 Å². The van der Waals surface area contributed by atoms with Gasteiger partial charge in [0.05, 0.1) is 0 Å². The molecule has 1 atom stereocenters. The zero-order valence-electron chi connectivity index (χ0n) is 12.2. The highest BCUT2D eigenvalue weighted by Crippen LogP contribution is 2.39. The fourth-order valence-corrected chi connectivity index (χ4v) is 4.19. The predicted octanol–water partition coefficient (Wildman–Crippen LogP) is 1.55. The first kappa shape index (κ1) is 14.7. The monoisotopic (exact) mass is 311 g/mol. The fourth-order valence-electron chi connectivity index (χ4n) is 3.06. The van der Waals surface area contributed by atoms with Gasteiger partial charge in [-0.25, -0.2) is 8.42 Å². The average molecular weight is 311 g/mol. The summed E-state index contributed by atoms with van der Waals surface area (Å²) in [5, 5.41) is 3.46. The lowest BCUT2D eigenvalue weighted by Gasteiger charge is -2.26. The maximum Gasteiger partial charge on any atom is 0.180 e. The quantitative estimate of drug-likeness (QED) is 0.917. The molecule has 6 heteroatoms. The molecule has 0 aromatic heterocycles. The van der Waals surface area contributed by atoms with Crippen molar-refractivity contribution in [1.82, 2.24) is 5.32 Å². The molecular formula is C15H21NO4S. The average Bonchev–Trinajstić information content (AvgIpc) is 2.47. The Morgan fingerprint density at radius 3 is 2.76 bits per heavy atom. The summed E-state index contributed by atoms with van der Waals surface area (Å²) in [6, 6.07) is 4.02. The fraction of sp³-hybridized carbons (Fsp3) is 0.600. The molecule has 2 heterocycles. The van der Waals surface area contributed by atoms with Crippen LogP contribution in [0.5, 0.6) is 11.5 Å². The Hall–Kier alpha value is -1.27.